The van der Waals surface area contributed by atoms with Crippen LogP contribution in [0.3, 0.4) is 0 Å². The molecule has 3 nitrogen and oxygen atoms in total. The van der Waals surface area contributed by atoms with Gasteiger partial charge in [-0.15, -0.1) is 11.3 Å². The zero-order valence-electron chi connectivity index (χ0n) is 11.4. The SMILES string of the molecule is CNC(C)c1ccc(N(C)Cc2csc(Br)c2)cn1. The summed E-state index contributed by atoms with van der Waals surface area (Å²) in [6, 6.07) is 6.65. The number of nitrogens with one attached hydrogen (secondary N) is 1. The Morgan fingerprint density at radius 2 is 2.26 bits per heavy atom. The fourth-order valence-corrected chi connectivity index (χ4v) is 3.02. The van der Waals surface area contributed by atoms with Crippen LogP contribution in [-0.4, -0.2) is 19.1 Å². The first-order chi connectivity index (χ1) is 9.10. The Kier molecular flexibility index (Phi) is 4.96. The molecule has 2 heterocycles. The number of rotatable bonds is 5. The van der Waals surface area contributed by atoms with Gasteiger partial charge in [0.2, 0.25) is 0 Å². The molecular weight excluding hydrogens is 322 g/mol. The van der Waals surface area contributed by atoms with Gasteiger partial charge in [0.1, 0.15) is 0 Å². The van der Waals surface area contributed by atoms with Gasteiger partial charge in [-0.3, -0.25) is 4.98 Å². The van der Waals surface area contributed by atoms with Crippen molar-refractivity contribution in [3.05, 3.63) is 44.8 Å². The van der Waals surface area contributed by atoms with Crippen LogP contribution in [0.5, 0.6) is 0 Å². The van der Waals surface area contributed by atoms with Gasteiger partial charge >= 0.3 is 0 Å². The van der Waals surface area contributed by atoms with Crippen molar-refractivity contribution in [2.24, 2.45) is 0 Å². The van der Waals surface area contributed by atoms with Crippen LogP contribution < -0.4 is 10.2 Å². The molecule has 5 heteroatoms. The first kappa shape index (κ1) is 14.5. The molecule has 0 amide bonds. The first-order valence-corrected chi connectivity index (χ1v) is 7.84. The van der Waals surface area contributed by atoms with E-state index in [0.717, 1.165) is 17.9 Å². The van der Waals surface area contributed by atoms with Crippen molar-refractivity contribution in [1.82, 2.24) is 10.3 Å². The summed E-state index contributed by atoms with van der Waals surface area (Å²) >= 11 is 5.21. The summed E-state index contributed by atoms with van der Waals surface area (Å²) in [5.41, 5.74) is 3.51. The predicted octanol–water partition coefficient (Wildman–Crippen LogP) is 3.82. The summed E-state index contributed by atoms with van der Waals surface area (Å²) in [6.45, 7) is 3.00. The van der Waals surface area contributed by atoms with Crippen molar-refractivity contribution in [2.75, 3.05) is 19.0 Å². The van der Waals surface area contributed by atoms with Gasteiger partial charge in [0.25, 0.3) is 0 Å². The van der Waals surface area contributed by atoms with Crippen LogP contribution in [0.15, 0.2) is 33.6 Å². The Morgan fingerprint density at radius 1 is 1.47 bits per heavy atom. The number of pyridine rings is 1. The van der Waals surface area contributed by atoms with E-state index >= 15 is 0 Å². The average molecular weight is 340 g/mol. The fraction of sp³-hybridized carbons (Fsp3) is 0.357. The molecule has 0 spiro atoms. The summed E-state index contributed by atoms with van der Waals surface area (Å²) < 4.78 is 1.17. The molecule has 0 aliphatic rings. The van der Waals surface area contributed by atoms with Crippen LogP contribution in [0.1, 0.15) is 24.2 Å². The Labute approximate surface area is 126 Å². The Bertz CT molecular complexity index is 524. The summed E-state index contributed by atoms with van der Waals surface area (Å²) in [5.74, 6) is 0. The topological polar surface area (TPSA) is 28.2 Å². The minimum Gasteiger partial charge on any atom is -0.369 e. The molecule has 0 aromatic carbocycles. The highest BCUT2D eigenvalue weighted by Gasteiger charge is 2.07. The van der Waals surface area contributed by atoms with E-state index < -0.39 is 0 Å². The maximum absolute atomic E-state index is 4.51. The van der Waals surface area contributed by atoms with Gasteiger partial charge in [-0.2, -0.15) is 0 Å². The molecule has 0 bridgehead atoms. The van der Waals surface area contributed by atoms with Crippen molar-refractivity contribution in [3.63, 3.8) is 0 Å². The highest BCUT2D eigenvalue weighted by atomic mass is 79.9. The summed E-state index contributed by atoms with van der Waals surface area (Å²) in [4.78, 5) is 6.71. The largest absolute Gasteiger partial charge is 0.369 e. The first-order valence-electron chi connectivity index (χ1n) is 6.17. The fourth-order valence-electron chi connectivity index (χ4n) is 1.82. The molecule has 0 saturated heterocycles. The lowest BCUT2D eigenvalue weighted by Gasteiger charge is -2.19. The van der Waals surface area contributed by atoms with Crippen LogP contribution in [0, 0.1) is 0 Å². The lowest BCUT2D eigenvalue weighted by atomic mass is 10.2. The molecule has 0 radical (unpaired) electrons. The van der Waals surface area contributed by atoms with Gasteiger partial charge in [-0.25, -0.2) is 0 Å². The molecule has 0 saturated carbocycles. The Balaban J connectivity index is 2.05. The zero-order valence-corrected chi connectivity index (χ0v) is 13.8. The van der Waals surface area contributed by atoms with Gasteiger partial charge in [0, 0.05) is 19.6 Å². The molecule has 1 unspecified atom stereocenters. The number of thiophene rings is 1. The van der Waals surface area contributed by atoms with E-state index in [2.05, 4.69) is 68.7 Å². The number of nitrogens with zero attached hydrogens (tertiary/aromatic N) is 2. The van der Waals surface area contributed by atoms with E-state index in [9.17, 15) is 0 Å². The minimum absolute atomic E-state index is 0.284. The number of halogens is 1. The van der Waals surface area contributed by atoms with E-state index in [0.29, 0.717) is 0 Å². The van der Waals surface area contributed by atoms with Crippen LogP contribution >= 0.6 is 27.3 Å². The quantitative estimate of drug-likeness (QED) is 0.897. The molecule has 2 aromatic heterocycles. The van der Waals surface area contributed by atoms with Crippen molar-refractivity contribution in [2.45, 2.75) is 19.5 Å². The van der Waals surface area contributed by atoms with Gasteiger partial charge < -0.3 is 10.2 Å². The van der Waals surface area contributed by atoms with Crippen molar-refractivity contribution in [3.8, 4) is 0 Å². The maximum atomic E-state index is 4.51. The van der Waals surface area contributed by atoms with Crippen molar-refractivity contribution < 1.29 is 0 Å². The van der Waals surface area contributed by atoms with E-state index in [1.165, 1.54) is 9.35 Å². The number of hydrogen-bond acceptors (Lipinski definition) is 4. The lowest BCUT2D eigenvalue weighted by molar-refractivity contribution is 0.632. The summed E-state index contributed by atoms with van der Waals surface area (Å²) in [5, 5.41) is 5.36. The molecule has 0 aliphatic heterocycles. The van der Waals surface area contributed by atoms with Crippen LogP contribution in [0.2, 0.25) is 0 Å². The molecule has 1 atom stereocenters. The van der Waals surface area contributed by atoms with Crippen molar-refractivity contribution in [1.29, 1.82) is 0 Å². The molecule has 1 N–H and O–H groups in total. The number of anilines is 1. The molecule has 0 aliphatic carbocycles. The molecular formula is C14H18BrN3S. The van der Waals surface area contributed by atoms with E-state index in [1.807, 2.05) is 13.2 Å². The second-order valence-electron chi connectivity index (χ2n) is 4.57. The van der Waals surface area contributed by atoms with Crippen molar-refractivity contribution >= 4 is 33.0 Å². The standard InChI is InChI=1S/C14H18BrN3S/c1-10(16-2)13-5-4-12(7-17-13)18(3)8-11-6-14(15)19-9-11/h4-7,9-10,16H,8H2,1-3H3. The smallest absolute Gasteiger partial charge is 0.0701 e. The molecule has 102 valence electrons. The summed E-state index contributed by atoms with van der Waals surface area (Å²) in [7, 11) is 4.03. The molecule has 2 aromatic rings. The zero-order chi connectivity index (χ0) is 13.8. The van der Waals surface area contributed by atoms with Gasteiger partial charge in [0.05, 0.1) is 21.4 Å². The van der Waals surface area contributed by atoms with Crippen LogP contribution in [0.4, 0.5) is 5.69 Å². The lowest BCUT2D eigenvalue weighted by Crippen LogP contribution is -2.17. The third-order valence-electron chi connectivity index (χ3n) is 3.13. The second-order valence-corrected chi connectivity index (χ2v) is 6.86. The molecule has 2 rings (SSSR count). The third-order valence-corrected chi connectivity index (χ3v) is 4.68. The summed E-state index contributed by atoms with van der Waals surface area (Å²) in [6.07, 6.45) is 1.94. The number of hydrogen-bond donors (Lipinski definition) is 1. The normalized spacial score (nSPS) is 12.4. The van der Waals surface area contributed by atoms with Crippen LogP contribution in [-0.2, 0) is 6.54 Å². The monoisotopic (exact) mass is 339 g/mol. The van der Waals surface area contributed by atoms with E-state index in [1.54, 1.807) is 11.3 Å². The Morgan fingerprint density at radius 3 is 2.79 bits per heavy atom. The van der Waals surface area contributed by atoms with Crippen LogP contribution in [0.25, 0.3) is 0 Å². The average Bonchev–Trinajstić information content (AvgIpc) is 2.83. The molecule has 19 heavy (non-hydrogen) atoms. The Hall–Kier alpha value is -0.910. The van der Waals surface area contributed by atoms with E-state index in [-0.39, 0.29) is 6.04 Å². The second kappa shape index (κ2) is 6.50. The van der Waals surface area contributed by atoms with E-state index in [4.69, 9.17) is 0 Å². The predicted molar refractivity (Wildman–Crippen MR) is 85.8 cm³/mol. The third kappa shape index (κ3) is 3.78. The van der Waals surface area contributed by atoms with Gasteiger partial charge in [0.15, 0.2) is 0 Å². The highest BCUT2D eigenvalue weighted by molar-refractivity contribution is 9.11. The van der Waals surface area contributed by atoms with Gasteiger partial charge in [-0.05, 0) is 59.0 Å². The maximum Gasteiger partial charge on any atom is 0.0701 e. The molecule has 0 fully saturated rings. The highest BCUT2D eigenvalue weighted by Crippen LogP contribution is 2.23. The number of aromatic nitrogens is 1. The van der Waals surface area contributed by atoms with Gasteiger partial charge in [-0.1, -0.05) is 0 Å². The minimum atomic E-state index is 0.284.